The van der Waals surface area contributed by atoms with Crippen molar-refractivity contribution in [1.29, 1.82) is 0 Å². The average molecular weight is 561 g/mol. The molecule has 38 heavy (non-hydrogen) atoms. The van der Waals surface area contributed by atoms with E-state index in [1.54, 1.807) is 42.5 Å². The number of carbonyl (C=O) groups excluding carboxylic acids is 3. The Labute approximate surface area is 231 Å². The van der Waals surface area contributed by atoms with Crippen molar-refractivity contribution in [3.05, 3.63) is 75.3 Å². The molecule has 0 saturated heterocycles. The molecule has 2 atom stereocenters. The van der Waals surface area contributed by atoms with E-state index in [0.717, 1.165) is 5.57 Å². The van der Waals surface area contributed by atoms with Crippen molar-refractivity contribution >= 4 is 52.6 Å². The van der Waals surface area contributed by atoms with Crippen LogP contribution in [-0.2, 0) is 25.5 Å². The smallest absolute Gasteiger partial charge is 0.326 e. The number of rotatable bonds is 8. The summed E-state index contributed by atoms with van der Waals surface area (Å²) in [6.07, 6.45) is 3.16. The molecule has 0 aromatic heterocycles. The third kappa shape index (κ3) is 7.36. The van der Waals surface area contributed by atoms with Crippen molar-refractivity contribution in [3.63, 3.8) is 0 Å². The van der Waals surface area contributed by atoms with Crippen LogP contribution in [-0.4, -0.2) is 42.0 Å². The second-order valence-corrected chi connectivity index (χ2v) is 10.7. The number of anilines is 1. The highest BCUT2D eigenvalue weighted by Crippen LogP contribution is 2.43. The minimum Gasteiger partial charge on any atom is -0.480 e. The number of hydrogen-bond acceptors (Lipinski definition) is 5. The molecule has 0 heterocycles. The van der Waals surface area contributed by atoms with Crippen molar-refractivity contribution < 1.29 is 29.0 Å². The molecule has 1 unspecified atom stereocenters. The molecule has 1 aliphatic carbocycles. The topological polar surface area (TPSA) is 122 Å². The van der Waals surface area contributed by atoms with E-state index in [1.165, 1.54) is 13.2 Å². The van der Waals surface area contributed by atoms with Crippen LogP contribution in [0.5, 0.6) is 0 Å². The van der Waals surface area contributed by atoms with Gasteiger partial charge in [-0.1, -0.05) is 60.8 Å². The van der Waals surface area contributed by atoms with Gasteiger partial charge in [-0.15, -0.1) is 0 Å². The third-order valence-electron chi connectivity index (χ3n) is 6.68. The van der Waals surface area contributed by atoms with Gasteiger partial charge in [-0.05, 0) is 54.5 Å². The number of ether oxygens (including phenoxy) is 1. The molecule has 1 saturated carbocycles. The van der Waals surface area contributed by atoms with Crippen molar-refractivity contribution in [2.24, 2.45) is 11.3 Å². The Morgan fingerprint density at radius 2 is 1.74 bits per heavy atom. The third-order valence-corrected chi connectivity index (χ3v) is 7.31. The molecule has 10 heteroatoms. The number of hydrogen-bond donors (Lipinski definition) is 3. The standard InChI is InChI=1S/C28H30Cl2N2O6/c1-28(2)15-17(27(37)38-3)9-10-18(28)14-23(33)32-22(26(35)36)13-16-7-11-19(12-8-16)31-25(34)24-20(29)5-4-6-21(24)30/h4-8,11-12,14,17,22H,9-10,13,15H2,1-3H3,(H,31,34)(H,32,33)(H,35,36)/b18-14+/t17?,22-/m0/s1. The summed E-state index contributed by atoms with van der Waals surface area (Å²) in [5, 5.41) is 15.4. The number of carboxylic acid groups (broad SMARTS) is 1. The van der Waals surface area contributed by atoms with Gasteiger partial charge in [0.05, 0.1) is 28.6 Å². The molecular weight excluding hydrogens is 531 g/mol. The number of esters is 1. The maximum atomic E-state index is 12.7. The van der Waals surface area contributed by atoms with Gasteiger partial charge < -0.3 is 20.5 Å². The summed E-state index contributed by atoms with van der Waals surface area (Å²) in [5.74, 6) is -2.63. The van der Waals surface area contributed by atoms with Crippen molar-refractivity contribution in [3.8, 4) is 0 Å². The van der Waals surface area contributed by atoms with Crippen molar-refractivity contribution in [1.82, 2.24) is 5.32 Å². The van der Waals surface area contributed by atoms with Crippen LogP contribution in [0.25, 0.3) is 0 Å². The zero-order chi connectivity index (χ0) is 28.0. The predicted octanol–water partition coefficient (Wildman–Crippen LogP) is 5.28. The van der Waals surface area contributed by atoms with E-state index in [2.05, 4.69) is 10.6 Å². The fourth-order valence-electron chi connectivity index (χ4n) is 4.59. The Morgan fingerprint density at radius 1 is 1.11 bits per heavy atom. The maximum absolute atomic E-state index is 12.7. The van der Waals surface area contributed by atoms with Crippen LogP contribution in [0.15, 0.2) is 54.1 Å². The fourth-order valence-corrected chi connectivity index (χ4v) is 5.16. The molecule has 202 valence electrons. The molecule has 1 fully saturated rings. The molecule has 2 aromatic rings. The highest BCUT2D eigenvalue weighted by Gasteiger charge is 2.36. The Balaban J connectivity index is 1.63. The lowest BCUT2D eigenvalue weighted by Gasteiger charge is -2.36. The summed E-state index contributed by atoms with van der Waals surface area (Å²) in [7, 11) is 1.36. The van der Waals surface area contributed by atoms with Gasteiger partial charge in [-0.2, -0.15) is 0 Å². The van der Waals surface area contributed by atoms with E-state index >= 15 is 0 Å². The Kier molecular flexibility index (Phi) is 9.57. The van der Waals surface area contributed by atoms with Crippen LogP contribution in [0.4, 0.5) is 5.69 Å². The maximum Gasteiger partial charge on any atom is 0.326 e. The van der Waals surface area contributed by atoms with Gasteiger partial charge >= 0.3 is 11.9 Å². The monoisotopic (exact) mass is 560 g/mol. The lowest BCUT2D eigenvalue weighted by molar-refractivity contribution is -0.147. The first-order valence-corrected chi connectivity index (χ1v) is 12.8. The van der Waals surface area contributed by atoms with Crippen LogP contribution in [0.2, 0.25) is 10.0 Å². The van der Waals surface area contributed by atoms with Crippen LogP contribution in [0.3, 0.4) is 0 Å². The Hall–Kier alpha value is -3.36. The van der Waals surface area contributed by atoms with Crippen LogP contribution >= 0.6 is 23.2 Å². The minimum absolute atomic E-state index is 0.0443. The lowest BCUT2D eigenvalue weighted by Crippen LogP contribution is -2.42. The number of nitrogens with one attached hydrogen (secondary N) is 2. The molecule has 3 N–H and O–H groups in total. The second-order valence-electron chi connectivity index (χ2n) is 9.87. The number of aliphatic carboxylic acids is 1. The van der Waals surface area contributed by atoms with Gasteiger partial charge in [-0.25, -0.2) is 4.79 Å². The molecular formula is C28H30Cl2N2O6. The van der Waals surface area contributed by atoms with Gasteiger partial charge in [0.2, 0.25) is 5.91 Å². The van der Waals surface area contributed by atoms with Gasteiger partial charge in [0.1, 0.15) is 6.04 Å². The first-order chi connectivity index (χ1) is 17.9. The number of halogens is 2. The summed E-state index contributed by atoms with van der Waals surface area (Å²) in [4.78, 5) is 49.1. The van der Waals surface area contributed by atoms with Gasteiger partial charge in [0.25, 0.3) is 5.91 Å². The van der Waals surface area contributed by atoms with Gasteiger partial charge in [0.15, 0.2) is 0 Å². The summed E-state index contributed by atoms with van der Waals surface area (Å²) in [6, 6.07) is 10.2. The Morgan fingerprint density at radius 3 is 2.29 bits per heavy atom. The number of allylic oxidation sites excluding steroid dienone is 1. The van der Waals surface area contributed by atoms with E-state index in [1.807, 2.05) is 13.8 Å². The predicted molar refractivity (Wildman–Crippen MR) is 145 cm³/mol. The van der Waals surface area contributed by atoms with Crippen LogP contribution < -0.4 is 10.6 Å². The highest BCUT2D eigenvalue weighted by atomic mass is 35.5. The summed E-state index contributed by atoms with van der Waals surface area (Å²) < 4.78 is 4.86. The first-order valence-electron chi connectivity index (χ1n) is 12.1. The molecule has 8 nitrogen and oxygen atoms in total. The first kappa shape index (κ1) is 29.2. The summed E-state index contributed by atoms with van der Waals surface area (Å²) in [5.41, 5.74) is 1.74. The van der Waals surface area contributed by atoms with Crippen LogP contribution in [0, 0.1) is 11.3 Å². The zero-order valence-electron chi connectivity index (χ0n) is 21.3. The van der Waals surface area contributed by atoms with Gasteiger partial charge in [0, 0.05) is 18.2 Å². The molecule has 1 aliphatic rings. The minimum atomic E-state index is -1.17. The van der Waals surface area contributed by atoms with E-state index in [-0.39, 0.29) is 33.9 Å². The van der Waals surface area contributed by atoms with Crippen LogP contribution in [0.1, 0.15) is 49.0 Å². The quantitative estimate of drug-likeness (QED) is 0.298. The molecule has 0 spiro atoms. The number of carbonyl (C=O) groups is 4. The van der Waals surface area contributed by atoms with E-state index in [0.29, 0.717) is 30.5 Å². The van der Waals surface area contributed by atoms with E-state index in [9.17, 15) is 24.3 Å². The van der Waals surface area contributed by atoms with Crippen molar-refractivity contribution in [2.75, 3.05) is 12.4 Å². The van der Waals surface area contributed by atoms with Gasteiger partial charge in [-0.3, -0.25) is 14.4 Å². The number of carboxylic acids is 1. The number of benzene rings is 2. The van der Waals surface area contributed by atoms with Crippen molar-refractivity contribution in [2.45, 2.75) is 45.6 Å². The lowest BCUT2D eigenvalue weighted by atomic mass is 9.68. The zero-order valence-corrected chi connectivity index (χ0v) is 22.9. The molecule has 2 amide bonds. The SMILES string of the molecule is COC(=O)C1CC/C(=C\C(=O)N[C@@H](Cc2ccc(NC(=O)c3c(Cl)cccc3Cl)cc2)C(=O)O)C(C)(C)C1. The van der Waals surface area contributed by atoms with E-state index < -0.39 is 29.2 Å². The summed E-state index contributed by atoms with van der Waals surface area (Å²) in [6.45, 7) is 3.91. The molecule has 2 aromatic carbocycles. The van der Waals surface area contributed by atoms with E-state index in [4.69, 9.17) is 27.9 Å². The second kappa shape index (κ2) is 12.5. The number of methoxy groups -OCH3 is 1. The summed E-state index contributed by atoms with van der Waals surface area (Å²) >= 11 is 12.2. The molecule has 0 radical (unpaired) electrons. The average Bonchev–Trinajstić information content (AvgIpc) is 2.85. The normalized spacial score (nSPS) is 18.3. The highest BCUT2D eigenvalue weighted by molar-refractivity contribution is 6.40. The largest absolute Gasteiger partial charge is 0.480 e. The molecule has 3 rings (SSSR count). The molecule has 0 aliphatic heterocycles. The Bertz CT molecular complexity index is 1240. The molecule has 0 bridgehead atoms. The fraction of sp³-hybridized carbons (Fsp3) is 0.357. The number of amides is 2.